The van der Waals surface area contributed by atoms with E-state index in [0.29, 0.717) is 29.8 Å². The second kappa shape index (κ2) is 10.0. The van der Waals surface area contributed by atoms with Gasteiger partial charge in [-0.2, -0.15) is 0 Å². The van der Waals surface area contributed by atoms with Crippen LogP contribution < -0.4 is 16.4 Å². The van der Waals surface area contributed by atoms with E-state index in [4.69, 9.17) is 23.1 Å². The Hall–Kier alpha value is -2.44. The molecule has 8 nitrogen and oxygen atoms in total. The normalized spacial score (nSPS) is 15.2. The predicted octanol–water partition coefficient (Wildman–Crippen LogP) is 2.45. The summed E-state index contributed by atoms with van der Waals surface area (Å²) in [4.78, 5) is 8.79. The quantitative estimate of drug-likeness (QED) is 0.396. The zero-order valence-electron chi connectivity index (χ0n) is 17.2. The number of nitrogens with two attached hydrogens (primary N) is 1. The third kappa shape index (κ3) is 5.30. The van der Waals surface area contributed by atoms with Crippen LogP contribution in [0, 0.1) is 0 Å². The number of anilines is 2. The molecule has 0 bridgehead atoms. The second-order valence-electron chi connectivity index (χ2n) is 7.55. The number of thiocarbonyl (C=S) groups is 1. The van der Waals surface area contributed by atoms with Crippen molar-refractivity contribution in [1.82, 2.24) is 15.3 Å². The van der Waals surface area contributed by atoms with Crippen molar-refractivity contribution in [2.45, 2.75) is 36.9 Å². The highest BCUT2D eigenvalue weighted by Gasteiger charge is 2.51. The smallest absolute Gasteiger partial charge is 0.255 e. The molecular weight excluding hydrogens is 460 g/mol. The average molecular weight is 486 g/mol. The molecule has 5 N–H and O–H groups in total. The number of rotatable bonds is 9. The van der Waals surface area contributed by atoms with Gasteiger partial charge in [-0.1, -0.05) is 0 Å². The molecule has 3 rings (SSSR count). The highest BCUT2D eigenvalue weighted by atomic mass is 32.2. The maximum absolute atomic E-state index is 13.0. The van der Waals surface area contributed by atoms with Gasteiger partial charge in [-0.05, 0) is 62.2 Å². The summed E-state index contributed by atoms with van der Waals surface area (Å²) < 4.78 is 49.4. The number of alkyl halides is 2. The van der Waals surface area contributed by atoms with E-state index in [0.717, 1.165) is 6.42 Å². The Labute approximate surface area is 190 Å². The molecule has 1 aromatic carbocycles. The third-order valence-corrected chi connectivity index (χ3v) is 8.24. The number of aliphatic hydroxyl groups excluding tert-OH is 1. The summed E-state index contributed by atoms with van der Waals surface area (Å²) in [5.41, 5.74) is 7.53. The Morgan fingerprint density at radius 1 is 1.25 bits per heavy atom. The number of aromatic nitrogens is 2. The summed E-state index contributed by atoms with van der Waals surface area (Å²) >= 11 is 4.97. The molecule has 174 valence electrons. The van der Waals surface area contributed by atoms with Crippen molar-refractivity contribution in [1.29, 1.82) is 0 Å². The number of nitrogens with zero attached hydrogens (tertiary/aromatic N) is 2. The van der Waals surface area contributed by atoms with Gasteiger partial charge in [-0.15, -0.1) is 0 Å². The van der Waals surface area contributed by atoms with Crippen molar-refractivity contribution in [2.24, 2.45) is 0 Å². The van der Waals surface area contributed by atoms with Gasteiger partial charge < -0.3 is 21.5 Å². The van der Waals surface area contributed by atoms with E-state index in [1.807, 2.05) is 0 Å². The molecule has 2 aromatic rings. The molecule has 1 aliphatic carbocycles. The van der Waals surface area contributed by atoms with Crippen LogP contribution in [0.5, 0.6) is 0 Å². The molecule has 32 heavy (non-hydrogen) atoms. The lowest BCUT2D eigenvalue weighted by Gasteiger charge is -2.40. The molecule has 1 heterocycles. The maximum atomic E-state index is 13.0. The lowest BCUT2D eigenvalue weighted by molar-refractivity contribution is 0.152. The van der Waals surface area contributed by atoms with Crippen molar-refractivity contribution >= 4 is 38.7 Å². The molecule has 0 amide bonds. The molecule has 1 saturated carbocycles. The van der Waals surface area contributed by atoms with Gasteiger partial charge in [0, 0.05) is 23.9 Å². The molecule has 1 aromatic heterocycles. The van der Waals surface area contributed by atoms with Crippen LogP contribution in [0.2, 0.25) is 0 Å². The molecule has 0 saturated heterocycles. The van der Waals surface area contributed by atoms with Crippen LogP contribution >= 0.6 is 12.2 Å². The highest BCUT2D eigenvalue weighted by Crippen LogP contribution is 2.48. The molecule has 12 heteroatoms. The van der Waals surface area contributed by atoms with E-state index < -0.39 is 27.6 Å². The first-order valence-electron chi connectivity index (χ1n) is 10.1. The van der Waals surface area contributed by atoms with Crippen LogP contribution in [0.1, 0.15) is 31.4 Å². The maximum Gasteiger partial charge on any atom is 0.255 e. The molecule has 1 aliphatic rings. The Morgan fingerprint density at radius 2 is 1.94 bits per heavy atom. The Morgan fingerprint density at radius 3 is 2.50 bits per heavy atom. The fraction of sp³-hybridized carbons (Fsp3) is 0.450. The van der Waals surface area contributed by atoms with Crippen LogP contribution in [0.4, 0.5) is 20.3 Å². The number of sulfone groups is 1. The van der Waals surface area contributed by atoms with E-state index in [-0.39, 0.29) is 35.5 Å². The Kier molecular flexibility index (Phi) is 7.57. The highest BCUT2D eigenvalue weighted by molar-refractivity contribution is 7.92. The summed E-state index contributed by atoms with van der Waals surface area (Å²) in [7, 11) is -3.54. The van der Waals surface area contributed by atoms with Crippen molar-refractivity contribution in [2.75, 3.05) is 30.0 Å². The van der Waals surface area contributed by atoms with Gasteiger partial charge in [0.1, 0.15) is 10.6 Å². The fourth-order valence-electron chi connectivity index (χ4n) is 3.55. The number of nitrogen functional groups attached to an aromatic ring is 1. The van der Waals surface area contributed by atoms with Gasteiger partial charge in [0.15, 0.2) is 20.8 Å². The molecular formula is C20H25F2N5O3S2. The van der Waals surface area contributed by atoms with E-state index >= 15 is 0 Å². The Bertz CT molecular complexity index is 1060. The first kappa shape index (κ1) is 24.2. The number of benzene rings is 1. The van der Waals surface area contributed by atoms with Gasteiger partial charge in [0.25, 0.3) is 6.43 Å². The SMILES string of the molecule is Nc1cc(C2(S(=O)(=O)CCCO)CCC2)nc(-c2ccc(NC(=S)NCC(F)F)cc2)n1. The van der Waals surface area contributed by atoms with Crippen LogP contribution in [-0.4, -0.2) is 53.9 Å². The topological polar surface area (TPSA) is 130 Å². The number of nitrogens with one attached hydrogen (secondary N) is 2. The van der Waals surface area contributed by atoms with Crippen LogP contribution in [0.25, 0.3) is 11.4 Å². The summed E-state index contributed by atoms with van der Waals surface area (Å²) in [6, 6.07) is 8.25. The largest absolute Gasteiger partial charge is 0.396 e. The number of aliphatic hydroxyl groups is 1. The van der Waals surface area contributed by atoms with Crippen molar-refractivity contribution in [3.63, 3.8) is 0 Å². The molecule has 0 aliphatic heterocycles. The van der Waals surface area contributed by atoms with Crippen molar-refractivity contribution < 1.29 is 22.3 Å². The molecule has 0 unspecified atom stereocenters. The monoisotopic (exact) mass is 485 g/mol. The number of hydrogen-bond acceptors (Lipinski definition) is 7. The van der Waals surface area contributed by atoms with Crippen LogP contribution in [0.15, 0.2) is 30.3 Å². The van der Waals surface area contributed by atoms with Gasteiger partial charge in [-0.25, -0.2) is 27.2 Å². The van der Waals surface area contributed by atoms with Crippen molar-refractivity contribution in [3.05, 3.63) is 36.0 Å². The summed E-state index contributed by atoms with van der Waals surface area (Å²) in [5.74, 6) is 0.324. The zero-order valence-corrected chi connectivity index (χ0v) is 18.9. The predicted molar refractivity (Wildman–Crippen MR) is 123 cm³/mol. The van der Waals surface area contributed by atoms with Crippen LogP contribution in [-0.2, 0) is 14.6 Å². The summed E-state index contributed by atoms with van der Waals surface area (Å²) in [5, 5.41) is 14.3. The minimum atomic E-state index is -3.54. The standard InChI is InChI=1S/C20H25F2N5O3S2/c21-16(22)12-24-19(31)25-14-5-3-13(4-6-14)18-26-15(11-17(23)27-18)20(7-1-8-20)32(29,30)10-2-9-28/h3-6,11,16,28H,1-2,7-10,12H2,(H2,23,26,27)(H2,24,25,31). The van der Waals surface area contributed by atoms with Gasteiger partial charge in [0.2, 0.25) is 0 Å². The van der Waals surface area contributed by atoms with Crippen LogP contribution in [0.3, 0.4) is 0 Å². The van der Waals surface area contributed by atoms with E-state index in [9.17, 15) is 17.2 Å². The molecule has 0 spiro atoms. The number of hydrogen-bond donors (Lipinski definition) is 4. The minimum absolute atomic E-state index is 0.0700. The summed E-state index contributed by atoms with van der Waals surface area (Å²) in [6.07, 6.45) is -0.693. The van der Waals surface area contributed by atoms with Gasteiger partial charge >= 0.3 is 0 Å². The Balaban J connectivity index is 1.84. The van der Waals surface area contributed by atoms with E-state index in [1.165, 1.54) is 6.07 Å². The zero-order chi connectivity index (χ0) is 23.4. The lowest BCUT2D eigenvalue weighted by Crippen LogP contribution is -2.44. The first-order valence-corrected chi connectivity index (χ1v) is 12.1. The van der Waals surface area contributed by atoms with E-state index in [2.05, 4.69) is 20.6 Å². The second-order valence-corrected chi connectivity index (χ2v) is 10.4. The molecule has 0 atom stereocenters. The number of halogens is 2. The first-order chi connectivity index (χ1) is 15.2. The van der Waals surface area contributed by atoms with Gasteiger partial charge in [0.05, 0.1) is 18.0 Å². The lowest BCUT2D eigenvalue weighted by atomic mass is 9.81. The fourth-order valence-corrected chi connectivity index (χ4v) is 5.99. The molecule has 1 fully saturated rings. The minimum Gasteiger partial charge on any atom is -0.396 e. The van der Waals surface area contributed by atoms with Gasteiger partial charge in [-0.3, -0.25) is 0 Å². The summed E-state index contributed by atoms with van der Waals surface area (Å²) in [6.45, 7) is -0.749. The molecule has 0 radical (unpaired) electrons. The third-order valence-electron chi connectivity index (χ3n) is 5.36. The van der Waals surface area contributed by atoms with Crippen molar-refractivity contribution in [3.8, 4) is 11.4 Å². The van der Waals surface area contributed by atoms with E-state index in [1.54, 1.807) is 24.3 Å². The average Bonchev–Trinajstić information content (AvgIpc) is 2.70.